The lowest BCUT2D eigenvalue weighted by Crippen LogP contribution is -2.13. The average Bonchev–Trinajstić information content (AvgIpc) is 3.06. The molecule has 4 aromatic rings. The van der Waals surface area contributed by atoms with Crippen LogP contribution in [0.3, 0.4) is 0 Å². The van der Waals surface area contributed by atoms with Crippen LogP contribution < -0.4 is 10.9 Å². The first-order valence-corrected chi connectivity index (χ1v) is 9.03. The van der Waals surface area contributed by atoms with Crippen LogP contribution in [0, 0.1) is 0 Å². The molecule has 8 heteroatoms. The first-order chi connectivity index (χ1) is 13.1. The largest absolute Gasteiger partial charge is 0.352 e. The molecule has 0 saturated carbocycles. The molecule has 2 heterocycles. The molecule has 0 aliphatic rings. The highest BCUT2D eigenvalue weighted by Crippen LogP contribution is 2.22. The highest BCUT2D eigenvalue weighted by molar-refractivity contribution is 6.42. The Kier molecular flexibility index (Phi) is 4.83. The molecule has 0 spiro atoms. The summed E-state index contributed by atoms with van der Waals surface area (Å²) >= 11 is 11.9. The lowest BCUT2D eigenvalue weighted by molar-refractivity contribution is 0.695. The van der Waals surface area contributed by atoms with Gasteiger partial charge in [-0.15, -0.1) is 0 Å². The maximum atomic E-state index is 12.3. The smallest absolute Gasteiger partial charge is 0.280 e. The highest BCUT2D eigenvalue weighted by Gasteiger charge is 2.09. The van der Waals surface area contributed by atoms with E-state index in [2.05, 4.69) is 20.4 Å². The SMILES string of the molecule is O=c1[nH]c(NCc2ccc(Cl)c(Cl)c2)nc2cn(Cc3ccccc3)nc12. The molecular formula is C19H15Cl2N5O. The van der Waals surface area contributed by atoms with Gasteiger partial charge >= 0.3 is 0 Å². The van der Waals surface area contributed by atoms with Gasteiger partial charge in [0.2, 0.25) is 5.95 Å². The van der Waals surface area contributed by atoms with Gasteiger partial charge in [0.1, 0.15) is 5.52 Å². The van der Waals surface area contributed by atoms with Crippen molar-refractivity contribution in [1.29, 1.82) is 0 Å². The molecule has 0 aliphatic carbocycles. The van der Waals surface area contributed by atoms with Crippen molar-refractivity contribution < 1.29 is 0 Å². The molecule has 136 valence electrons. The standard InChI is InChI=1S/C19H15Cl2N5O/c20-14-7-6-13(8-15(14)21)9-22-19-23-16-11-26(25-17(16)18(27)24-19)10-12-4-2-1-3-5-12/h1-8,11H,9-10H2,(H2,22,23,24,27). The number of fused-ring (bicyclic) bond motifs is 1. The zero-order valence-corrected chi connectivity index (χ0v) is 15.6. The normalized spacial score (nSPS) is 11.0. The Morgan fingerprint density at radius 1 is 1.04 bits per heavy atom. The van der Waals surface area contributed by atoms with Crippen LogP contribution in [0.15, 0.2) is 59.5 Å². The van der Waals surface area contributed by atoms with E-state index >= 15 is 0 Å². The minimum Gasteiger partial charge on any atom is -0.352 e. The van der Waals surface area contributed by atoms with Crippen molar-refractivity contribution in [3.05, 3.63) is 86.3 Å². The first kappa shape index (κ1) is 17.6. The summed E-state index contributed by atoms with van der Waals surface area (Å²) in [4.78, 5) is 19.5. The fourth-order valence-electron chi connectivity index (χ4n) is 2.74. The Balaban J connectivity index is 1.55. The summed E-state index contributed by atoms with van der Waals surface area (Å²) < 4.78 is 1.71. The van der Waals surface area contributed by atoms with Crippen LogP contribution in [-0.2, 0) is 13.1 Å². The Bertz CT molecular complexity index is 1150. The monoisotopic (exact) mass is 399 g/mol. The van der Waals surface area contributed by atoms with Crippen molar-refractivity contribution in [3.63, 3.8) is 0 Å². The van der Waals surface area contributed by atoms with Crippen LogP contribution in [0.4, 0.5) is 5.95 Å². The van der Waals surface area contributed by atoms with E-state index in [4.69, 9.17) is 23.2 Å². The molecule has 0 saturated heterocycles. The van der Waals surface area contributed by atoms with Crippen LogP contribution in [-0.4, -0.2) is 19.7 Å². The highest BCUT2D eigenvalue weighted by atomic mass is 35.5. The molecule has 0 fully saturated rings. The van der Waals surface area contributed by atoms with Crippen molar-refractivity contribution >= 4 is 40.2 Å². The number of hydrogen-bond donors (Lipinski definition) is 2. The topological polar surface area (TPSA) is 75.6 Å². The number of rotatable bonds is 5. The van der Waals surface area contributed by atoms with Crippen molar-refractivity contribution in [3.8, 4) is 0 Å². The molecule has 6 nitrogen and oxygen atoms in total. The number of nitrogens with zero attached hydrogens (tertiary/aromatic N) is 3. The number of H-pyrrole nitrogens is 1. The lowest BCUT2D eigenvalue weighted by atomic mass is 10.2. The molecule has 0 unspecified atom stereocenters. The van der Waals surface area contributed by atoms with E-state index < -0.39 is 0 Å². The predicted octanol–water partition coefficient (Wildman–Crippen LogP) is 4.09. The Labute approximate surface area is 164 Å². The third kappa shape index (κ3) is 3.97. The summed E-state index contributed by atoms with van der Waals surface area (Å²) in [7, 11) is 0. The summed E-state index contributed by atoms with van der Waals surface area (Å²) in [6.07, 6.45) is 1.77. The van der Waals surface area contributed by atoms with Crippen LogP contribution in [0.5, 0.6) is 0 Å². The summed E-state index contributed by atoms with van der Waals surface area (Å²) in [5.74, 6) is 0.373. The minimum atomic E-state index is -0.288. The second-order valence-corrected chi connectivity index (χ2v) is 6.88. The second-order valence-electron chi connectivity index (χ2n) is 6.06. The number of halogens is 2. The Morgan fingerprint density at radius 2 is 1.85 bits per heavy atom. The third-order valence-electron chi connectivity index (χ3n) is 4.05. The second kappa shape index (κ2) is 7.42. The lowest BCUT2D eigenvalue weighted by Gasteiger charge is -2.06. The molecule has 0 bridgehead atoms. The van der Waals surface area contributed by atoms with Gasteiger partial charge in [0, 0.05) is 6.54 Å². The molecule has 0 aliphatic heterocycles. The number of nitrogens with one attached hydrogen (secondary N) is 2. The van der Waals surface area contributed by atoms with E-state index in [0.717, 1.165) is 11.1 Å². The van der Waals surface area contributed by atoms with Crippen LogP contribution in [0.25, 0.3) is 11.0 Å². The first-order valence-electron chi connectivity index (χ1n) is 8.28. The molecule has 0 amide bonds. The molecule has 2 N–H and O–H groups in total. The van der Waals surface area contributed by atoms with Crippen LogP contribution in [0.2, 0.25) is 10.0 Å². The van der Waals surface area contributed by atoms with Crippen molar-refractivity contribution in [2.75, 3.05) is 5.32 Å². The van der Waals surface area contributed by atoms with Gasteiger partial charge in [0.25, 0.3) is 5.56 Å². The molecule has 27 heavy (non-hydrogen) atoms. The van der Waals surface area contributed by atoms with Gasteiger partial charge in [-0.2, -0.15) is 5.10 Å². The third-order valence-corrected chi connectivity index (χ3v) is 4.79. The molecule has 2 aromatic heterocycles. The van der Waals surface area contributed by atoms with E-state index in [1.165, 1.54) is 0 Å². The zero-order valence-electron chi connectivity index (χ0n) is 14.1. The summed E-state index contributed by atoms with van der Waals surface area (Å²) in [5.41, 5.74) is 2.58. The van der Waals surface area contributed by atoms with E-state index in [-0.39, 0.29) is 5.56 Å². The van der Waals surface area contributed by atoms with Gasteiger partial charge in [0.15, 0.2) is 5.52 Å². The Hall–Kier alpha value is -2.83. The number of aromatic amines is 1. The maximum absolute atomic E-state index is 12.3. The van der Waals surface area contributed by atoms with Crippen molar-refractivity contribution in [1.82, 2.24) is 19.7 Å². The quantitative estimate of drug-likeness (QED) is 0.529. The summed E-state index contributed by atoms with van der Waals surface area (Å²) in [5, 5.41) is 8.41. The van der Waals surface area contributed by atoms with Gasteiger partial charge in [-0.05, 0) is 23.3 Å². The fraction of sp³-hybridized carbons (Fsp3) is 0.105. The Morgan fingerprint density at radius 3 is 2.63 bits per heavy atom. The average molecular weight is 400 g/mol. The zero-order chi connectivity index (χ0) is 18.8. The number of aromatic nitrogens is 4. The molecular weight excluding hydrogens is 385 g/mol. The van der Waals surface area contributed by atoms with Gasteiger partial charge < -0.3 is 5.32 Å². The summed E-state index contributed by atoms with van der Waals surface area (Å²) in [6, 6.07) is 15.3. The van der Waals surface area contributed by atoms with E-state index in [1.54, 1.807) is 23.0 Å². The molecule has 0 atom stereocenters. The number of hydrogen-bond acceptors (Lipinski definition) is 4. The summed E-state index contributed by atoms with van der Waals surface area (Å²) in [6.45, 7) is 1.02. The number of anilines is 1. The van der Waals surface area contributed by atoms with Gasteiger partial charge in [0.05, 0.1) is 22.8 Å². The van der Waals surface area contributed by atoms with Crippen LogP contribution in [0.1, 0.15) is 11.1 Å². The predicted molar refractivity (Wildman–Crippen MR) is 107 cm³/mol. The van der Waals surface area contributed by atoms with Crippen molar-refractivity contribution in [2.45, 2.75) is 13.1 Å². The minimum absolute atomic E-state index is 0.288. The fourth-order valence-corrected chi connectivity index (χ4v) is 3.06. The van der Waals surface area contributed by atoms with Crippen molar-refractivity contribution in [2.24, 2.45) is 0 Å². The van der Waals surface area contributed by atoms with Crippen LogP contribution >= 0.6 is 23.2 Å². The molecule has 2 aromatic carbocycles. The van der Waals surface area contributed by atoms with E-state index in [0.29, 0.717) is 40.1 Å². The molecule has 4 rings (SSSR count). The number of benzene rings is 2. The van der Waals surface area contributed by atoms with Gasteiger partial charge in [-0.25, -0.2) is 4.98 Å². The van der Waals surface area contributed by atoms with Gasteiger partial charge in [-0.3, -0.25) is 14.5 Å². The van der Waals surface area contributed by atoms with Gasteiger partial charge in [-0.1, -0.05) is 59.6 Å². The van der Waals surface area contributed by atoms with E-state index in [9.17, 15) is 4.79 Å². The molecule has 0 radical (unpaired) electrons. The van der Waals surface area contributed by atoms with E-state index in [1.807, 2.05) is 36.4 Å². The maximum Gasteiger partial charge on any atom is 0.280 e.